The van der Waals surface area contributed by atoms with E-state index in [1.807, 2.05) is 30.3 Å². The molecule has 0 saturated heterocycles. The van der Waals surface area contributed by atoms with Gasteiger partial charge in [0.25, 0.3) is 0 Å². The molecule has 1 aliphatic heterocycles. The maximum atomic E-state index is 14.4. The number of nitrogens with one attached hydrogen (secondary N) is 2. The second-order valence-corrected chi connectivity index (χ2v) is 6.07. The number of carbonyl (C=O) groups is 1. The van der Waals surface area contributed by atoms with Gasteiger partial charge in [-0.2, -0.15) is 5.10 Å². The van der Waals surface area contributed by atoms with Crippen molar-refractivity contribution in [3.63, 3.8) is 0 Å². The molecule has 1 aromatic heterocycles. The lowest BCUT2D eigenvalue weighted by Crippen LogP contribution is -2.24. The average Bonchev–Trinajstić information content (AvgIpc) is 2.99. The molecule has 1 unspecified atom stereocenters. The molecule has 24 heavy (non-hydrogen) atoms. The molecule has 6 heteroatoms. The molecular weight excluding hydrogens is 329 g/mol. The van der Waals surface area contributed by atoms with E-state index in [0.29, 0.717) is 16.4 Å². The predicted molar refractivity (Wildman–Crippen MR) is 90.5 cm³/mol. The van der Waals surface area contributed by atoms with Gasteiger partial charge in [0.2, 0.25) is 5.91 Å². The highest BCUT2D eigenvalue weighted by molar-refractivity contribution is 6.31. The molecular formula is C18H13ClFN3O. The monoisotopic (exact) mass is 341 g/mol. The number of carbonyl (C=O) groups excluding carboxylic acids is 1. The van der Waals surface area contributed by atoms with Crippen LogP contribution in [0.25, 0.3) is 11.3 Å². The van der Waals surface area contributed by atoms with Crippen LogP contribution >= 0.6 is 11.6 Å². The molecule has 1 atom stereocenters. The zero-order chi connectivity index (χ0) is 16.7. The van der Waals surface area contributed by atoms with Gasteiger partial charge in [0.05, 0.1) is 5.69 Å². The standard InChI is InChI=1S/C18H13ClFN3O/c19-12-7-4-8-13(20)15(12)11-9-14(24)21-18-16(11)17(22-23-18)10-5-2-1-3-6-10/h1-8,11H,9H2,(H2,21,22,23,24). The van der Waals surface area contributed by atoms with E-state index in [9.17, 15) is 9.18 Å². The Morgan fingerprint density at radius 3 is 2.62 bits per heavy atom. The van der Waals surface area contributed by atoms with Crippen LogP contribution in [-0.4, -0.2) is 16.1 Å². The van der Waals surface area contributed by atoms with E-state index >= 15 is 0 Å². The third kappa shape index (κ3) is 2.37. The van der Waals surface area contributed by atoms with Crippen LogP contribution in [0.15, 0.2) is 48.5 Å². The lowest BCUT2D eigenvalue weighted by Gasteiger charge is -2.24. The molecule has 120 valence electrons. The first-order chi connectivity index (χ1) is 11.6. The first kappa shape index (κ1) is 14.9. The number of nitrogens with zero attached hydrogens (tertiary/aromatic N) is 1. The van der Waals surface area contributed by atoms with Gasteiger partial charge in [-0.3, -0.25) is 9.89 Å². The summed E-state index contributed by atoms with van der Waals surface area (Å²) in [6.07, 6.45) is 0.118. The zero-order valence-electron chi connectivity index (χ0n) is 12.5. The zero-order valence-corrected chi connectivity index (χ0v) is 13.3. The Morgan fingerprint density at radius 2 is 1.88 bits per heavy atom. The smallest absolute Gasteiger partial charge is 0.226 e. The van der Waals surface area contributed by atoms with Crippen LogP contribution in [0.5, 0.6) is 0 Å². The number of rotatable bonds is 2. The quantitative estimate of drug-likeness (QED) is 0.728. The number of aromatic nitrogens is 2. The summed E-state index contributed by atoms with van der Waals surface area (Å²) in [5, 5.41) is 10.2. The molecule has 2 heterocycles. The third-order valence-corrected chi connectivity index (χ3v) is 4.54. The SMILES string of the molecule is O=C1CC(c2c(F)cccc2Cl)c2c(n[nH]c2-c2ccccc2)N1. The molecule has 0 aliphatic carbocycles. The first-order valence-electron chi connectivity index (χ1n) is 7.52. The first-order valence-corrected chi connectivity index (χ1v) is 7.90. The molecule has 2 N–H and O–H groups in total. The Morgan fingerprint density at radius 1 is 1.08 bits per heavy atom. The summed E-state index contributed by atoms with van der Waals surface area (Å²) in [7, 11) is 0. The van der Waals surface area contributed by atoms with Crippen molar-refractivity contribution < 1.29 is 9.18 Å². The summed E-state index contributed by atoms with van der Waals surface area (Å²) in [6.45, 7) is 0. The maximum Gasteiger partial charge on any atom is 0.226 e. The minimum absolute atomic E-state index is 0.118. The normalized spacial score (nSPS) is 16.6. The highest BCUT2D eigenvalue weighted by Gasteiger charge is 2.34. The fraction of sp³-hybridized carbons (Fsp3) is 0.111. The summed E-state index contributed by atoms with van der Waals surface area (Å²) in [5.41, 5.74) is 2.76. The fourth-order valence-corrected chi connectivity index (χ4v) is 3.47. The van der Waals surface area contributed by atoms with E-state index in [4.69, 9.17) is 11.6 Å². The average molecular weight is 342 g/mol. The van der Waals surface area contributed by atoms with Gasteiger partial charge >= 0.3 is 0 Å². The maximum absolute atomic E-state index is 14.4. The van der Waals surface area contributed by atoms with Crippen LogP contribution in [0, 0.1) is 5.82 Å². The molecule has 3 aromatic rings. The summed E-state index contributed by atoms with van der Waals surface area (Å²) in [4.78, 5) is 12.0. The van der Waals surface area contributed by atoms with E-state index in [-0.39, 0.29) is 12.3 Å². The molecule has 0 bridgehead atoms. The van der Waals surface area contributed by atoms with Crippen molar-refractivity contribution in [3.05, 3.63) is 70.5 Å². The summed E-state index contributed by atoms with van der Waals surface area (Å²) in [6, 6.07) is 14.2. The number of amides is 1. The predicted octanol–water partition coefficient (Wildman–Crippen LogP) is 4.34. The van der Waals surface area contributed by atoms with Crippen LogP contribution < -0.4 is 5.32 Å². The number of anilines is 1. The van der Waals surface area contributed by atoms with Crippen LogP contribution in [0.4, 0.5) is 10.2 Å². The topological polar surface area (TPSA) is 57.8 Å². The van der Waals surface area contributed by atoms with Crippen LogP contribution in [0.3, 0.4) is 0 Å². The van der Waals surface area contributed by atoms with Crippen LogP contribution in [0.1, 0.15) is 23.5 Å². The van der Waals surface area contributed by atoms with Crippen molar-refractivity contribution in [2.45, 2.75) is 12.3 Å². The van der Waals surface area contributed by atoms with Gasteiger partial charge in [-0.25, -0.2) is 4.39 Å². The van der Waals surface area contributed by atoms with Gasteiger partial charge in [-0.05, 0) is 17.7 Å². The largest absolute Gasteiger partial charge is 0.309 e. The molecule has 0 fully saturated rings. The Bertz CT molecular complexity index is 903. The fourth-order valence-electron chi connectivity index (χ4n) is 3.17. The summed E-state index contributed by atoms with van der Waals surface area (Å²) in [5.74, 6) is -0.697. The number of hydrogen-bond donors (Lipinski definition) is 2. The lowest BCUT2D eigenvalue weighted by atomic mass is 9.84. The van der Waals surface area contributed by atoms with E-state index in [1.54, 1.807) is 12.1 Å². The van der Waals surface area contributed by atoms with Crippen molar-refractivity contribution in [2.24, 2.45) is 0 Å². The Balaban J connectivity index is 1.93. The summed E-state index contributed by atoms with van der Waals surface area (Å²) >= 11 is 6.24. The Kier molecular flexibility index (Phi) is 3.58. The van der Waals surface area contributed by atoms with Crippen molar-refractivity contribution in [3.8, 4) is 11.3 Å². The van der Waals surface area contributed by atoms with Crippen LogP contribution in [0.2, 0.25) is 5.02 Å². The lowest BCUT2D eigenvalue weighted by molar-refractivity contribution is -0.116. The molecule has 1 aliphatic rings. The number of fused-ring (bicyclic) bond motifs is 1. The van der Waals surface area contributed by atoms with Crippen molar-refractivity contribution in [1.29, 1.82) is 0 Å². The van der Waals surface area contributed by atoms with Crippen LogP contribution in [-0.2, 0) is 4.79 Å². The van der Waals surface area contributed by atoms with E-state index in [2.05, 4.69) is 15.5 Å². The number of halogens is 2. The molecule has 4 nitrogen and oxygen atoms in total. The molecule has 0 spiro atoms. The Labute approximate surface area is 142 Å². The molecule has 2 aromatic carbocycles. The highest BCUT2D eigenvalue weighted by atomic mass is 35.5. The van der Waals surface area contributed by atoms with Gasteiger partial charge in [0.1, 0.15) is 5.82 Å². The summed E-state index contributed by atoms with van der Waals surface area (Å²) < 4.78 is 14.4. The van der Waals surface area contributed by atoms with Gasteiger partial charge in [0, 0.05) is 28.5 Å². The highest BCUT2D eigenvalue weighted by Crippen LogP contribution is 2.44. The second-order valence-electron chi connectivity index (χ2n) is 5.67. The van der Waals surface area contributed by atoms with Gasteiger partial charge < -0.3 is 5.32 Å². The van der Waals surface area contributed by atoms with E-state index in [0.717, 1.165) is 16.8 Å². The number of aromatic amines is 1. The minimum Gasteiger partial charge on any atom is -0.309 e. The molecule has 0 radical (unpaired) electrons. The van der Waals surface area contributed by atoms with Gasteiger partial charge in [-0.1, -0.05) is 48.0 Å². The minimum atomic E-state index is -0.489. The third-order valence-electron chi connectivity index (χ3n) is 4.21. The number of benzene rings is 2. The second kappa shape index (κ2) is 5.76. The van der Waals surface area contributed by atoms with Crippen molar-refractivity contribution >= 4 is 23.3 Å². The molecule has 0 saturated carbocycles. The number of hydrogen-bond acceptors (Lipinski definition) is 2. The molecule has 4 rings (SSSR count). The van der Waals surface area contributed by atoms with Gasteiger partial charge in [-0.15, -0.1) is 0 Å². The van der Waals surface area contributed by atoms with E-state index in [1.165, 1.54) is 6.07 Å². The van der Waals surface area contributed by atoms with Crippen molar-refractivity contribution in [2.75, 3.05) is 5.32 Å². The Hall–Kier alpha value is -2.66. The van der Waals surface area contributed by atoms with Gasteiger partial charge in [0.15, 0.2) is 5.82 Å². The van der Waals surface area contributed by atoms with Crippen molar-refractivity contribution in [1.82, 2.24) is 10.2 Å². The van der Waals surface area contributed by atoms with E-state index < -0.39 is 11.7 Å². The molecule has 1 amide bonds. The number of H-pyrrole nitrogens is 1.